The van der Waals surface area contributed by atoms with E-state index in [1.165, 1.54) is 12.1 Å². The zero-order valence-electron chi connectivity index (χ0n) is 8.79. The second-order valence-corrected chi connectivity index (χ2v) is 3.49. The molecular weight excluding hydrogens is 242 g/mol. The minimum Gasteiger partial charge on any atom is -0.375 e. The minimum absolute atomic E-state index is 0.00128. The smallest absolute Gasteiger partial charge is 0.270 e. The molecule has 8 heteroatoms. The first-order valence-electron chi connectivity index (χ1n) is 4.61. The first-order chi connectivity index (χ1) is 8.04. The van der Waals surface area contributed by atoms with Crippen LogP contribution < -0.4 is 16.9 Å². The summed E-state index contributed by atoms with van der Waals surface area (Å²) in [6, 6.07) is 5.99. The van der Waals surface area contributed by atoms with Crippen LogP contribution in [0.15, 0.2) is 29.4 Å². The SMILES string of the molecule is NC/C(=N\NC(N)=S)c1cccc([N+](=O)[O-])c1. The Bertz CT molecular complexity index is 474. The molecule has 0 aliphatic carbocycles. The van der Waals surface area contributed by atoms with Gasteiger partial charge in [-0.25, -0.2) is 0 Å². The first kappa shape index (κ1) is 13.0. The monoisotopic (exact) mass is 253 g/mol. The van der Waals surface area contributed by atoms with E-state index in [2.05, 4.69) is 22.7 Å². The fraction of sp³-hybridized carbons (Fsp3) is 0.111. The number of nitro benzene ring substituents is 1. The van der Waals surface area contributed by atoms with Crippen LogP contribution in [0.3, 0.4) is 0 Å². The quantitative estimate of drug-likeness (QED) is 0.303. The van der Waals surface area contributed by atoms with Crippen LogP contribution in [0.5, 0.6) is 0 Å². The van der Waals surface area contributed by atoms with Crippen molar-refractivity contribution in [3.63, 3.8) is 0 Å². The highest BCUT2D eigenvalue weighted by Crippen LogP contribution is 2.13. The van der Waals surface area contributed by atoms with Gasteiger partial charge in [-0.1, -0.05) is 12.1 Å². The van der Waals surface area contributed by atoms with Gasteiger partial charge < -0.3 is 11.5 Å². The molecule has 0 aliphatic rings. The third kappa shape index (κ3) is 3.78. The van der Waals surface area contributed by atoms with Gasteiger partial charge in [0.15, 0.2) is 5.11 Å². The molecule has 7 nitrogen and oxygen atoms in total. The van der Waals surface area contributed by atoms with Crippen LogP contribution in [0, 0.1) is 10.1 Å². The summed E-state index contributed by atoms with van der Waals surface area (Å²) in [6.45, 7) is 0.108. The fourth-order valence-corrected chi connectivity index (χ4v) is 1.20. The van der Waals surface area contributed by atoms with Gasteiger partial charge in [-0.15, -0.1) is 0 Å². The summed E-state index contributed by atoms with van der Waals surface area (Å²) in [5, 5.41) is 14.5. The van der Waals surface area contributed by atoms with E-state index in [4.69, 9.17) is 11.5 Å². The average molecular weight is 253 g/mol. The molecule has 90 valence electrons. The molecule has 0 aromatic heterocycles. The van der Waals surface area contributed by atoms with E-state index in [1.54, 1.807) is 12.1 Å². The van der Waals surface area contributed by atoms with Gasteiger partial charge in [0.25, 0.3) is 5.69 Å². The van der Waals surface area contributed by atoms with Gasteiger partial charge in [0, 0.05) is 24.2 Å². The van der Waals surface area contributed by atoms with Crippen molar-refractivity contribution in [2.24, 2.45) is 16.6 Å². The number of nitrogens with two attached hydrogens (primary N) is 2. The summed E-state index contributed by atoms with van der Waals surface area (Å²) in [7, 11) is 0. The van der Waals surface area contributed by atoms with Crippen LogP contribution in [0.4, 0.5) is 5.69 Å². The van der Waals surface area contributed by atoms with E-state index in [0.717, 1.165) is 0 Å². The van der Waals surface area contributed by atoms with Crippen LogP contribution in [0.2, 0.25) is 0 Å². The summed E-state index contributed by atoms with van der Waals surface area (Å²) < 4.78 is 0. The Morgan fingerprint density at radius 1 is 1.59 bits per heavy atom. The molecule has 1 rings (SSSR count). The van der Waals surface area contributed by atoms with Crippen molar-refractivity contribution < 1.29 is 4.92 Å². The van der Waals surface area contributed by atoms with E-state index >= 15 is 0 Å². The maximum atomic E-state index is 10.6. The minimum atomic E-state index is -0.487. The summed E-state index contributed by atoms with van der Waals surface area (Å²) in [5.41, 5.74) is 14.0. The Labute approximate surface area is 103 Å². The largest absolute Gasteiger partial charge is 0.375 e. The Kier molecular flexibility index (Phi) is 4.49. The Morgan fingerprint density at radius 3 is 2.82 bits per heavy atom. The van der Waals surface area contributed by atoms with E-state index in [0.29, 0.717) is 11.3 Å². The van der Waals surface area contributed by atoms with Gasteiger partial charge >= 0.3 is 0 Å². The third-order valence-electron chi connectivity index (χ3n) is 1.88. The Morgan fingerprint density at radius 2 is 2.29 bits per heavy atom. The summed E-state index contributed by atoms with van der Waals surface area (Å²) in [5.74, 6) is 0. The topological polar surface area (TPSA) is 120 Å². The predicted molar refractivity (Wildman–Crippen MR) is 68.6 cm³/mol. The number of nitrogens with zero attached hydrogens (tertiary/aromatic N) is 2. The maximum Gasteiger partial charge on any atom is 0.270 e. The lowest BCUT2D eigenvalue weighted by Gasteiger charge is -2.04. The van der Waals surface area contributed by atoms with Crippen LogP contribution >= 0.6 is 12.2 Å². The number of hydrazone groups is 1. The number of hydrogen-bond acceptors (Lipinski definition) is 5. The zero-order valence-corrected chi connectivity index (χ0v) is 9.61. The molecular formula is C9H11N5O2S. The molecule has 0 aliphatic heterocycles. The lowest BCUT2D eigenvalue weighted by Crippen LogP contribution is -2.27. The Balaban J connectivity index is 3.03. The van der Waals surface area contributed by atoms with Gasteiger partial charge in [-0.2, -0.15) is 5.10 Å². The zero-order chi connectivity index (χ0) is 12.8. The van der Waals surface area contributed by atoms with Crippen molar-refractivity contribution in [2.45, 2.75) is 0 Å². The van der Waals surface area contributed by atoms with Gasteiger partial charge in [-0.05, 0) is 12.2 Å². The van der Waals surface area contributed by atoms with E-state index in [9.17, 15) is 10.1 Å². The van der Waals surface area contributed by atoms with Crippen LogP contribution in [0.25, 0.3) is 0 Å². The number of benzene rings is 1. The molecule has 1 aromatic carbocycles. The lowest BCUT2D eigenvalue weighted by atomic mass is 10.1. The van der Waals surface area contributed by atoms with Gasteiger partial charge in [0.2, 0.25) is 0 Å². The van der Waals surface area contributed by atoms with Crippen LogP contribution in [-0.2, 0) is 0 Å². The van der Waals surface area contributed by atoms with Gasteiger partial charge in [0.05, 0.1) is 10.6 Å². The van der Waals surface area contributed by atoms with Crippen molar-refractivity contribution in [2.75, 3.05) is 6.54 Å². The molecule has 17 heavy (non-hydrogen) atoms. The standard InChI is InChI=1S/C9H11N5O2S/c10-5-8(12-13-9(11)17)6-2-1-3-7(4-6)14(15)16/h1-4H,5,10H2,(H3,11,13,17)/b12-8+. The molecule has 0 heterocycles. The van der Waals surface area contributed by atoms with E-state index < -0.39 is 4.92 Å². The average Bonchev–Trinajstić information content (AvgIpc) is 2.30. The molecule has 0 spiro atoms. The second kappa shape index (κ2) is 5.87. The van der Waals surface area contributed by atoms with Gasteiger partial charge in [0.1, 0.15) is 0 Å². The number of non-ortho nitro benzene ring substituents is 1. The molecule has 1 aromatic rings. The molecule has 0 unspecified atom stereocenters. The summed E-state index contributed by atoms with van der Waals surface area (Å²) in [4.78, 5) is 10.1. The molecule has 0 radical (unpaired) electrons. The second-order valence-electron chi connectivity index (χ2n) is 3.05. The normalized spacial score (nSPS) is 11.0. The van der Waals surface area contributed by atoms with Crippen molar-refractivity contribution in [1.29, 1.82) is 0 Å². The first-order valence-corrected chi connectivity index (χ1v) is 5.02. The predicted octanol–water partition coefficient (Wildman–Crippen LogP) is 0.0908. The molecule has 0 atom stereocenters. The molecule has 0 fully saturated rings. The Hall–Kier alpha value is -2.06. The van der Waals surface area contributed by atoms with Crippen LogP contribution in [-0.4, -0.2) is 22.3 Å². The molecule has 0 amide bonds. The highest BCUT2D eigenvalue weighted by Gasteiger charge is 2.09. The third-order valence-corrected chi connectivity index (χ3v) is 1.98. The molecule has 0 saturated heterocycles. The molecule has 0 bridgehead atoms. The lowest BCUT2D eigenvalue weighted by molar-refractivity contribution is -0.384. The van der Waals surface area contributed by atoms with E-state index in [1.807, 2.05) is 0 Å². The summed E-state index contributed by atoms with van der Waals surface area (Å²) >= 11 is 4.59. The van der Waals surface area contributed by atoms with Crippen molar-refractivity contribution >= 4 is 28.7 Å². The van der Waals surface area contributed by atoms with Gasteiger partial charge in [-0.3, -0.25) is 15.5 Å². The van der Waals surface area contributed by atoms with Crippen molar-refractivity contribution in [1.82, 2.24) is 5.43 Å². The number of thiocarbonyl (C=S) groups is 1. The van der Waals surface area contributed by atoms with Crippen molar-refractivity contribution in [3.8, 4) is 0 Å². The summed E-state index contributed by atoms with van der Waals surface area (Å²) in [6.07, 6.45) is 0. The fourth-order valence-electron chi connectivity index (χ4n) is 1.15. The number of nitro groups is 1. The van der Waals surface area contributed by atoms with E-state index in [-0.39, 0.29) is 17.3 Å². The number of nitrogens with one attached hydrogen (secondary N) is 1. The molecule has 0 saturated carbocycles. The maximum absolute atomic E-state index is 10.6. The van der Waals surface area contributed by atoms with Crippen molar-refractivity contribution in [3.05, 3.63) is 39.9 Å². The highest BCUT2D eigenvalue weighted by molar-refractivity contribution is 7.80. The van der Waals surface area contributed by atoms with Crippen LogP contribution in [0.1, 0.15) is 5.56 Å². The number of rotatable bonds is 4. The number of hydrogen-bond donors (Lipinski definition) is 3. The highest BCUT2D eigenvalue weighted by atomic mass is 32.1. The molecule has 5 N–H and O–H groups in total.